The molecule has 33 heavy (non-hydrogen) atoms. The van der Waals surface area contributed by atoms with Gasteiger partial charge >= 0.3 is 5.97 Å². The number of aryl methyl sites for hydroxylation is 1. The van der Waals surface area contributed by atoms with Crippen LogP contribution in [-0.2, 0) is 17.6 Å². The number of anilines is 1. The summed E-state index contributed by atoms with van der Waals surface area (Å²) in [5.41, 5.74) is 11.5. The zero-order chi connectivity index (χ0) is 22.9. The molecule has 4 aromatic rings. The van der Waals surface area contributed by atoms with Crippen molar-refractivity contribution >= 4 is 22.6 Å². The summed E-state index contributed by atoms with van der Waals surface area (Å²) in [5, 5.41) is 20.5. The van der Waals surface area contributed by atoms with Gasteiger partial charge < -0.3 is 15.6 Å². The molecule has 0 bridgehead atoms. The molecule has 1 heterocycles. The molecule has 0 saturated carbocycles. The first-order valence-corrected chi connectivity index (χ1v) is 10.7. The SMILES string of the molecule is N#Cc1ccc(CC(=O)O)c(O[C@@H]2CCc3ccc(-c4cccc5c(N)nccc45)cc32)c1. The minimum Gasteiger partial charge on any atom is -0.485 e. The minimum absolute atomic E-state index is 0.161. The Morgan fingerprint density at radius 2 is 2.03 bits per heavy atom. The number of carboxylic acids is 1. The van der Waals surface area contributed by atoms with Crippen LogP contribution in [0.5, 0.6) is 5.75 Å². The number of nitrogens with two attached hydrogens (primary N) is 1. The van der Waals surface area contributed by atoms with E-state index >= 15 is 0 Å². The average molecular weight is 435 g/mol. The number of carbonyl (C=O) groups is 1. The lowest BCUT2D eigenvalue weighted by Gasteiger charge is -2.18. The van der Waals surface area contributed by atoms with Gasteiger partial charge in [-0.3, -0.25) is 4.79 Å². The van der Waals surface area contributed by atoms with Gasteiger partial charge in [0.05, 0.1) is 18.1 Å². The molecule has 3 aromatic carbocycles. The highest BCUT2D eigenvalue weighted by Crippen LogP contribution is 2.40. The lowest BCUT2D eigenvalue weighted by atomic mass is 9.96. The molecule has 0 amide bonds. The lowest BCUT2D eigenvalue weighted by molar-refractivity contribution is -0.136. The minimum atomic E-state index is -0.941. The van der Waals surface area contributed by atoms with Crippen LogP contribution >= 0.6 is 0 Å². The third kappa shape index (κ3) is 3.85. The molecule has 0 radical (unpaired) electrons. The molecule has 5 rings (SSSR count). The number of benzene rings is 3. The maximum Gasteiger partial charge on any atom is 0.307 e. The number of rotatable bonds is 5. The van der Waals surface area contributed by atoms with Gasteiger partial charge in [0.1, 0.15) is 17.7 Å². The van der Waals surface area contributed by atoms with Gasteiger partial charge in [0.2, 0.25) is 0 Å². The largest absolute Gasteiger partial charge is 0.485 e. The number of fused-ring (bicyclic) bond motifs is 2. The van der Waals surface area contributed by atoms with Crippen LogP contribution in [0.2, 0.25) is 0 Å². The second kappa shape index (κ2) is 8.29. The van der Waals surface area contributed by atoms with Crippen molar-refractivity contribution in [2.45, 2.75) is 25.4 Å². The third-order valence-corrected chi connectivity index (χ3v) is 6.12. The van der Waals surface area contributed by atoms with Crippen LogP contribution in [0.1, 0.15) is 34.8 Å². The van der Waals surface area contributed by atoms with Gasteiger partial charge in [-0.1, -0.05) is 36.4 Å². The highest BCUT2D eigenvalue weighted by atomic mass is 16.5. The quantitative estimate of drug-likeness (QED) is 0.454. The number of carboxylic acid groups (broad SMARTS) is 1. The highest BCUT2D eigenvalue weighted by molar-refractivity contribution is 6.01. The van der Waals surface area contributed by atoms with Crippen molar-refractivity contribution < 1.29 is 14.6 Å². The van der Waals surface area contributed by atoms with E-state index in [9.17, 15) is 15.2 Å². The van der Waals surface area contributed by atoms with Crippen LogP contribution in [-0.4, -0.2) is 16.1 Å². The second-order valence-electron chi connectivity index (χ2n) is 8.16. The normalized spacial score (nSPS) is 14.6. The van der Waals surface area contributed by atoms with Crippen LogP contribution in [0.4, 0.5) is 5.82 Å². The summed E-state index contributed by atoms with van der Waals surface area (Å²) in [4.78, 5) is 15.5. The highest BCUT2D eigenvalue weighted by Gasteiger charge is 2.26. The number of hydrogen-bond acceptors (Lipinski definition) is 5. The molecule has 3 N–H and O–H groups in total. The molecular weight excluding hydrogens is 414 g/mol. The second-order valence-corrected chi connectivity index (χ2v) is 8.16. The molecule has 1 aliphatic rings. The van der Waals surface area contributed by atoms with Crippen LogP contribution in [0.3, 0.4) is 0 Å². The van der Waals surface area contributed by atoms with Gasteiger partial charge in [0, 0.05) is 17.1 Å². The Morgan fingerprint density at radius 1 is 1.15 bits per heavy atom. The number of aliphatic carboxylic acids is 1. The van der Waals surface area contributed by atoms with Crippen molar-refractivity contribution in [2.24, 2.45) is 0 Å². The number of nitrogens with zero attached hydrogens (tertiary/aromatic N) is 2. The van der Waals surface area contributed by atoms with Crippen molar-refractivity contribution in [1.29, 1.82) is 5.26 Å². The van der Waals surface area contributed by atoms with Crippen LogP contribution in [0.25, 0.3) is 21.9 Å². The lowest BCUT2D eigenvalue weighted by Crippen LogP contribution is -2.08. The molecule has 1 atom stereocenters. The van der Waals surface area contributed by atoms with Gasteiger partial charge in [0.15, 0.2) is 0 Å². The zero-order valence-corrected chi connectivity index (χ0v) is 17.8. The van der Waals surface area contributed by atoms with Crippen molar-refractivity contribution in [3.05, 3.63) is 89.1 Å². The maximum atomic E-state index is 11.3. The molecular formula is C27H21N3O3. The fourth-order valence-corrected chi connectivity index (χ4v) is 4.53. The molecule has 0 unspecified atom stereocenters. The smallest absolute Gasteiger partial charge is 0.307 e. The molecule has 0 saturated heterocycles. The number of aromatic nitrogens is 1. The van der Waals surface area contributed by atoms with E-state index < -0.39 is 5.97 Å². The summed E-state index contributed by atoms with van der Waals surface area (Å²) < 4.78 is 6.33. The average Bonchev–Trinajstić information content (AvgIpc) is 3.22. The molecule has 6 heteroatoms. The van der Waals surface area contributed by atoms with Crippen LogP contribution < -0.4 is 10.5 Å². The first-order chi connectivity index (χ1) is 16.0. The summed E-state index contributed by atoms with van der Waals surface area (Å²) in [6.07, 6.45) is 3.00. The standard InChI is InChI=1S/C27H21N3O3/c28-15-16-4-5-19(14-26(31)32)25(12-16)33-24-9-8-17-6-7-18(13-23(17)24)20-2-1-3-22-21(20)10-11-30-27(22)29/h1-7,10-13,24H,8-9,14H2,(H2,29,30)(H,31,32)/t24-/m1/s1. The topological polar surface area (TPSA) is 109 Å². The number of hydrogen-bond donors (Lipinski definition) is 2. The monoisotopic (exact) mass is 435 g/mol. The van der Waals surface area contributed by atoms with Crippen molar-refractivity contribution in [1.82, 2.24) is 4.98 Å². The van der Waals surface area contributed by atoms with Crippen molar-refractivity contribution in [2.75, 3.05) is 5.73 Å². The van der Waals surface area contributed by atoms with Gasteiger partial charge in [-0.25, -0.2) is 4.98 Å². The first-order valence-electron chi connectivity index (χ1n) is 10.7. The van der Waals surface area contributed by atoms with E-state index in [0.29, 0.717) is 22.7 Å². The maximum absolute atomic E-state index is 11.3. The fourth-order valence-electron chi connectivity index (χ4n) is 4.53. The predicted molar refractivity (Wildman–Crippen MR) is 126 cm³/mol. The Labute approximate surface area is 190 Å². The van der Waals surface area contributed by atoms with Crippen LogP contribution in [0.15, 0.2) is 66.9 Å². The van der Waals surface area contributed by atoms with Gasteiger partial charge in [0.25, 0.3) is 0 Å². The van der Waals surface area contributed by atoms with E-state index in [4.69, 9.17) is 10.5 Å². The van der Waals surface area contributed by atoms with E-state index in [0.717, 1.165) is 40.3 Å². The van der Waals surface area contributed by atoms with Crippen LogP contribution in [0, 0.1) is 11.3 Å². The molecule has 0 fully saturated rings. The van der Waals surface area contributed by atoms with Crippen molar-refractivity contribution in [3.63, 3.8) is 0 Å². The summed E-state index contributed by atoms with van der Waals surface area (Å²) in [6, 6.07) is 21.3. The molecule has 6 nitrogen and oxygen atoms in total. The number of pyridine rings is 1. The molecule has 0 aliphatic heterocycles. The number of nitriles is 1. The Hall–Kier alpha value is -4.37. The summed E-state index contributed by atoms with van der Waals surface area (Å²) in [5.74, 6) is 0.00662. The Kier molecular flexibility index (Phi) is 5.15. The van der Waals surface area contributed by atoms with Gasteiger partial charge in [-0.05, 0) is 64.7 Å². The zero-order valence-electron chi connectivity index (χ0n) is 17.8. The third-order valence-electron chi connectivity index (χ3n) is 6.12. The van der Waals surface area contributed by atoms with Gasteiger partial charge in [-0.15, -0.1) is 0 Å². The molecule has 162 valence electrons. The Morgan fingerprint density at radius 3 is 2.85 bits per heavy atom. The van der Waals surface area contributed by atoms with E-state index in [1.807, 2.05) is 18.2 Å². The van der Waals surface area contributed by atoms with Crippen molar-refractivity contribution in [3.8, 4) is 22.9 Å². The Bertz CT molecular complexity index is 1440. The Balaban J connectivity index is 1.54. The molecule has 1 aromatic heterocycles. The molecule has 0 spiro atoms. The summed E-state index contributed by atoms with van der Waals surface area (Å²) >= 11 is 0. The fraction of sp³-hybridized carbons (Fsp3) is 0.148. The summed E-state index contributed by atoms with van der Waals surface area (Å²) in [7, 11) is 0. The van der Waals surface area contributed by atoms with Gasteiger partial charge in [-0.2, -0.15) is 5.26 Å². The predicted octanol–water partition coefficient (Wildman–Crippen LogP) is 5.05. The summed E-state index contributed by atoms with van der Waals surface area (Å²) in [6.45, 7) is 0. The van der Waals surface area contributed by atoms with E-state index in [1.165, 1.54) is 5.56 Å². The number of ether oxygens (including phenoxy) is 1. The number of nitrogen functional groups attached to an aromatic ring is 1. The van der Waals surface area contributed by atoms with E-state index in [1.54, 1.807) is 24.4 Å². The van der Waals surface area contributed by atoms with E-state index in [2.05, 4.69) is 35.3 Å². The first kappa shape index (κ1) is 20.5. The molecule has 1 aliphatic carbocycles. The van der Waals surface area contributed by atoms with E-state index in [-0.39, 0.29) is 12.5 Å².